The van der Waals surface area contributed by atoms with Gasteiger partial charge in [-0.3, -0.25) is 0 Å². The van der Waals surface area contributed by atoms with E-state index in [1.807, 2.05) is 6.92 Å². The maximum atomic E-state index is 5.73. The third kappa shape index (κ3) is 1.43. The molecule has 1 aromatic heterocycles. The molecule has 70 valence electrons. The fourth-order valence-corrected chi connectivity index (χ4v) is 1.38. The highest BCUT2D eigenvalue weighted by molar-refractivity contribution is 5.44. The van der Waals surface area contributed by atoms with Gasteiger partial charge >= 0.3 is 6.01 Å². The summed E-state index contributed by atoms with van der Waals surface area (Å²) in [5.74, 6) is 1.12. The lowest BCUT2D eigenvalue weighted by atomic mass is 10.1. The van der Waals surface area contributed by atoms with Gasteiger partial charge < -0.3 is 10.5 Å². The van der Waals surface area contributed by atoms with Crippen LogP contribution >= 0.6 is 0 Å². The Kier molecular flexibility index (Phi) is 1.83. The highest BCUT2D eigenvalue weighted by Gasteiger charge is 2.28. The zero-order valence-electron chi connectivity index (χ0n) is 7.87. The molecule has 0 bridgehead atoms. The smallest absolute Gasteiger partial charge is 0.318 e. The summed E-state index contributed by atoms with van der Waals surface area (Å²) in [4.78, 5) is 8.31. The van der Waals surface area contributed by atoms with Crippen molar-refractivity contribution in [3.8, 4) is 6.01 Å². The summed E-state index contributed by atoms with van der Waals surface area (Å²) in [6.07, 6.45) is 2.42. The first-order chi connectivity index (χ1) is 6.22. The van der Waals surface area contributed by atoms with Gasteiger partial charge in [0.05, 0.1) is 12.8 Å². The predicted molar refractivity (Wildman–Crippen MR) is 49.7 cm³/mol. The summed E-state index contributed by atoms with van der Waals surface area (Å²) in [5, 5.41) is 0. The molecule has 0 aliphatic heterocycles. The van der Waals surface area contributed by atoms with E-state index in [4.69, 9.17) is 10.5 Å². The zero-order chi connectivity index (χ0) is 9.42. The molecule has 0 amide bonds. The number of methoxy groups -OCH3 is 1. The van der Waals surface area contributed by atoms with Gasteiger partial charge in [-0.1, -0.05) is 0 Å². The molecule has 0 unspecified atom stereocenters. The highest BCUT2D eigenvalue weighted by Crippen LogP contribution is 2.41. The third-order valence-corrected chi connectivity index (χ3v) is 2.35. The van der Waals surface area contributed by atoms with Gasteiger partial charge in [0, 0.05) is 11.5 Å². The van der Waals surface area contributed by atoms with E-state index in [2.05, 4.69) is 9.97 Å². The Labute approximate surface area is 77.1 Å². The molecule has 1 aromatic rings. The van der Waals surface area contributed by atoms with Crippen LogP contribution in [0.15, 0.2) is 0 Å². The zero-order valence-corrected chi connectivity index (χ0v) is 7.87. The van der Waals surface area contributed by atoms with E-state index in [0.717, 1.165) is 11.3 Å². The lowest BCUT2D eigenvalue weighted by molar-refractivity contribution is 0.378. The number of nitrogen functional groups attached to an aromatic ring is 1. The largest absolute Gasteiger partial charge is 0.467 e. The van der Waals surface area contributed by atoms with Gasteiger partial charge in [-0.25, -0.2) is 0 Å². The topological polar surface area (TPSA) is 61.0 Å². The van der Waals surface area contributed by atoms with Gasteiger partial charge in [0.2, 0.25) is 0 Å². The molecule has 0 spiro atoms. The van der Waals surface area contributed by atoms with Crippen molar-refractivity contribution in [2.45, 2.75) is 25.7 Å². The van der Waals surface area contributed by atoms with Crippen LogP contribution in [0, 0.1) is 6.92 Å². The van der Waals surface area contributed by atoms with Crippen LogP contribution in [0.1, 0.15) is 30.0 Å². The molecule has 0 saturated heterocycles. The van der Waals surface area contributed by atoms with E-state index in [-0.39, 0.29) is 0 Å². The first-order valence-corrected chi connectivity index (χ1v) is 4.40. The SMILES string of the molecule is COc1nc(N)c(C)c(C2CC2)n1. The lowest BCUT2D eigenvalue weighted by Crippen LogP contribution is -2.04. The predicted octanol–water partition coefficient (Wildman–Crippen LogP) is 1.25. The normalized spacial score (nSPS) is 15.8. The molecular formula is C9H13N3O. The molecule has 1 fully saturated rings. The van der Waals surface area contributed by atoms with Crippen LogP contribution < -0.4 is 10.5 Å². The second kappa shape index (κ2) is 2.87. The van der Waals surface area contributed by atoms with E-state index in [9.17, 15) is 0 Å². The summed E-state index contributed by atoms with van der Waals surface area (Å²) >= 11 is 0. The van der Waals surface area contributed by atoms with Crippen LogP contribution in [-0.4, -0.2) is 17.1 Å². The van der Waals surface area contributed by atoms with E-state index < -0.39 is 0 Å². The maximum absolute atomic E-state index is 5.73. The first kappa shape index (κ1) is 8.29. The average Bonchev–Trinajstić information content (AvgIpc) is 2.92. The van der Waals surface area contributed by atoms with Crippen molar-refractivity contribution < 1.29 is 4.74 Å². The van der Waals surface area contributed by atoms with Gasteiger partial charge in [-0.2, -0.15) is 9.97 Å². The molecule has 2 N–H and O–H groups in total. The maximum Gasteiger partial charge on any atom is 0.318 e. The highest BCUT2D eigenvalue weighted by atomic mass is 16.5. The molecule has 1 aliphatic rings. The molecule has 4 nitrogen and oxygen atoms in total. The molecule has 0 radical (unpaired) electrons. The Bertz CT molecular complexity index is 334. The Hall–Kier alpha value is -1.32. The number of anilines is 1. The van der Waals surface area contributed by atoms with Gasteiger partial charge in [0.15, 0.2) is 0 Å². The number of nitrogens with two attached hydrogens (primary N) is 1. The minimum Gasteiger partial charge on any atom is -0.467 e. The van der Waals surface area contributed by atoms with Crippen LogP contribution in [0.25, 0.3) is 0 Å². The third-order valence-electron chi connectivity index (χ3n) is 2.35. The van der Waals surface area contributed by atoms with Gasteiger partial charge in [-0.05, 0) is 19.8 Å². The Morgan fingerprint density at radius 3 is 2.62 bits per heavy atom. The minimum absolute atomic E-state index is 0.380. The minimum atomic E-state index is 0.380. The molecule has 1 aliphatic carbocycles. The van der Waals surface area contributed by atoms with Gasteiger partial charge in [-0.15, -0.1) is 0 Å². The number of hydrogen-bond donors (Lipinski definition) is 1. The number of ether oxygens (including phenoxy) is 1. The number of aromatic nitrogens is 2. The monoisotopic (exact) mass is 179 g/mol. The van der Waals surface area contributed by atoms with Crippen molar-refractivity contribution in [2.75, 3.05) is 12.8 Å². The summed E-state index contributed by atoms with van der Waals surface area (Å²) < 4.78 is 4.97. The molecule has 1 heterocycles. The number of rotatable bonds is 2. The molecular weight excluding hydrogens is 166 g/mol. The van der Waals surface area contributed by atoms with Crippen LogP contribution in [0.2, 0.25) is 0 Å². The molecule has 2 rings (SSSR count). The standard InChI is InChI=1S/C9H13N3O/c1-5-7(6-3-4-6)11-9(13-2)12-8(5)10/h6H,3-4H2,1-2H3,(H2,10,11,12). The van der Waals surface area contributed by atoms with E-state index >= 15 is 0 Å². The molecule has 0 atom stereocenters. The Morgan fingerprint density at radius 2 is 2.08 bits per heavy atom. The molecule has 13 heavy (non-hydrogen) atoms. The van der Waals surface area contributed by atoms with Crippen molar-refractivity contribution in [3.05, 3.63) is 11.3 Å². The number of nitrogens with zero attached hydrogens (tertiary/aromatic N) is 2. The van der Waals surface area contributed by atoms with E-state index in [1.54, 1.807) is 7.11 Å². The van der Waals surface area contributed by atoms with Crippen molar-refractivity contribution in [1.29, 1.82) is 0 Å². The Morgan fingerprint density at radius 1 is 1.38 bits per heavy atom. The number of hydrogen-bond acceptors (Lipinski definition) is 4. The molecule has 4 heteroatoms. The van der Waals surface area contributed by atoms with Crippen LogP contribution in [-0.2, 0) is 0 Å². The summed E-state index contributed by atoms with van der Waals surface area (Å²) in [7, 11) is 1.56. The fourth-order valence-electron chi connectivity index (χ4n) is 1.38. The lowest BCUT2D eigenvalue weighted by Gasteiger charge is -2.07. The average molecular weight is 179 g/mol. The van der Waals surface area contributed by atoms with Crippen LogP contribution in [0.4, 0.5) is 5.82 Å². The second-order valence-corrected chi connectivity index (χ2v) is 3.38. The van der Waals surface area contributed by atoms with Crippen molar-refractivity contribution in [2.24, 2.45) is 0 Å². The fraction of sp³-hybridized carbons (Fsp3) is 0.556. The second-order valence-electron chi connectivity index (χ2n) is 3.38. The summed E-state index contributed by atoms with van der Waals surface area (Å²) in [6, 6.07) is 0.380. The first-order valence-electron chi connectivity index (χ1n) is 4.40. The van der Waals surface area contributed by atoms with Crippen molar-refractivity contribution >= 4 is 5.82 Å². The molecule has 0 aromatic carbocycles. The van der Waals surface area contributed by atoms with E-state index in [0.29, 0.717) is 17.7 Å². The van der Waals surface area contributed by atoms with Crippen LogP contribution in [0.5, 0.6) is 6.01 Å². The quantitative estimate of drug-likeness (QED) is 0.742. The molecule has 1 saturated carbocycles. The van der Waals surface area contributed by atoms with Crippen molar-refractivity contribution in [1.82, 2.24) is 9.97 Å². The van der Waals surface area contributed by atoms with Gasteiger partial charge in [0.25, 0.3) is 0 Å². The van der Waals surface area contributed by atoms with Crippen LogP contribution in [0.3, 0.4) is 0 Å². The summed E-state index contributed by atoms with van der Waals surface area (Å²) in [6.45, 7) is 1.96. The van der Waals surface area contributed by atoms with E-state index in [1.165, 1.54) is 12.8 Å². The summed E-state index contributed by atoms with van der Waals surface area (Å²) in [5.41, 5.74) is 7.79. The van der Waals surface area contributed by atoms with Gasteiger partial charge in [0.1, 0.15) is 5.82 Å². The van der Waals surface area contributed by atoms with Crippen molar-refractivity contribution in [3.63, 3.8) is 0 Å². The Balaban J connectivity index is 2.46.